The average molecular weight is 219 g/mol. The first kappa shape index (κ1) is 12.9. The third-order valence-electron chi connectivity index (χ3n) is 2.68. The van der Waals surface area contributed by atoms with E-state index in [1.165, 1.54) is 5.56 Å². The summed E-state index contributed by atoms with van der Waals surface area (Å²) in [5, 5.41) is 3.25. The molecule has 1 aromatic carbocycles. The van der Waals surface area contributed by atoms with E-state index < -0.39 is 0 Å². The van der Waals surface area contributed by atoms with Gasteiger partial charge in [-0.1, -0.05) is 50.1 Å². The molecule has 1 aromatic rings. The fourth-order valence-corrected chi connectivity index (χ4v) is 1.78. The van der Waals surface area contributed by atoms with Crippen LogP contribution >= 0.6 is 0 Å². The topological polar surface area (TPSA) is 29.1 Å². The second kappa shape index (κ2) is 6.44. The van der Waals surface area contributed by atoms with Crippen LogP contribution in [0.15, 0.2) is 24.3 Å². The maximum Gasteiger partial charge on any atom is 0.179 e. The van der Waals surface area contributed by atoms with E-state index in [4.69, 9.17) is 0 Å². The van der Waals surface area contributed by atoms with Gasteiger partial charge < -0.3 is 5.32 Å². The Morgan fingerprint density at radius 2 is 1.88 bits per heavy atom. The Morgan fingerprint density at radius 3 is 2.38 bits per heavy atom. The number of carbonyl (C=O) groups excluding carboxylic acids is 1. The maximum atomic E-state index is 12.2. The molecule has 0 amide bonds. The van der Waals surface area contributed by atoms with Crippen LogP contribution in [0.3, 0.4) is 0 Å². The Hall–Kier alpha value is -1.15. The summed E-state index contributed by atoms with van der Waals surface area (Å²) in [6.07, 6.45) is 1.93. The summed E-state index contributed by atoms with van der Waals surface area (Å²) in [6, 6.07) is 7.78. The van der Waals surface area contributed by atoms with Crippen LogP contribution in [0, 0.1) is 6.92 Å². The number of rotatable bonds is 6. The summed E-state index contributed by atoms with van der Waals surface area (Å²) >= 11 is 0. The minimum atomic E-state index is -0.0299. The molecule has 1 atom stereocenters. The predicted octanol–water partition coefficient (Wildman–Crippen LogP) is 2.96. The van der Waals surface area contributed by atoms with Crippen LogP contribution in [0.25, 0.3) is 0 Å². The van der Waals surface area contributed by atoms with Gasteiger partial charge in [-0.05, 0) is 19.9 Å². The molecule has 1 rings (SSSR count). The standard InChI is InChI=1S/C14H21NO/c1-4-6-13(15-5-2)14(16)12-9-7-11(3)8-10-12/h7-10,13,15H,4-6H2,1-3H3. The Morgan fingerprint density at radius 1 is 1.25 bits per heavy atom. The van der Waals surface area contributed by atoms with E-state index in [-0.39, 0.29) is 11.8 Å². The largest absolute Gasteiger partial charge is 0.307 e. The number of Topliss-reactive ketones (excluding diaryl/α,β-unsaturated/α-hetero) is 1. The normalized spacial score (nSPS) is 12.4. The molecule has 88 valence electrons. The predicted molar refractivity (Wildman–Crippen MR) is 67.9 cm³/mol. The minimum absolute atomic E-state index is 0.0299. The highest BCUT2D eigenvalue weighted by atomic mass is 16.1. The van der Waals surface area contributed by atoms with Gasteiger partial charge in [0.05, 0.1) is 6.04 Å². The van der Waals surface area contributed by atoms with E-state index in [9.17, 15) is 4.79 Å². The molecule has 2 heteroatoms. The molecular formula is C14H21NO. The van der Waals surface area contributed by atoms with Crippen LogP contribution in [-0.2, 0) is 0 Å². The Balaban J connectivity index is 2.77. The first-order chi connectivity index (χ1) is 7.69. The van der Waals surface area contributed by atoms with Gasteiger partial charge in [0.25, 0.3) is 0 Å². The highest BCUT2D eigenvalue weighted by Crippen LogP contribution is 2.09. The van der Waals surface area contributed by atoms with Crippen molar-refractivity contribution in [1.82, 2.24) is 5.32 Å². The van der Waals surface area contributed by atoms with Crippen molar-refractivity contribution in [3.63, 3.8) is 0 Å². The van der Waals surface area contributed by atoms with E-state index in [2.05, 4.69) is 12.2 Å². The van der Waals surface area contributed by atoms with Crippen molar-refractivity contribution >= 4 is 5.78 Å². The molecule has 0 saturated carbocycles. The molecule has 0 aliphatic carbocycles. The van der Waals surface area contributed by atoms with Crippen LogP contribution in [0.1, 0.15) is 42.6 Å². The molecule has 0 aromatic heterocycles. The van der Waals surface area contributed by atoms with Gasteiger partial charge >= 0.3 is 0 Å². The summed E-state index contributed by atoms with van der Waals surface area (Å²) in [5.41, 5.74) is 2.00. The summed E-state index contributed by atoms with van der Waals surface area (Å²) in [6.45, 7) is 7.00. The van der Waals surface area contributed by atoms with Crippen molar-refractivity contribution in [2.75, 3.05) is 6.54 Å². The van der Waals surface area contributed by atoms with Crippen LogP contribution < -0.4 is 5.32 Å². The van der Waals surface area contributed by atoms with Gasteiger partial charge in [-0.15, -0.1) is 0 Å². The number of hydrogen-bond acceptors (Lipinski definition) is 2. The van der Waals surface area contributed by atoms with Crippen molar-refractivity contribution in [2.24, 2.45) is 0 Å². The van der Waals surface area contributed by atoms with Crippen LogP contribution in [0.2, 0.25) is 0 Å². The number of likely N-dealkylation sites (N-methyl/N-ethyl adjacent to an activating group) is 1. The van der Waals surface area contributed by atoms with Gasteiger partial charge in [-0.25, -0.2) is 0 Å². The van der Waals surface area contributed by atoms with Crippen LogP contribution in [0.4, 0.5) is 0 Å². The Kier molecular flexibility index (Phi) is 5.20. The molecule has 1 unspecified atom stereocenters. The summed E-state index contributed by atoms with van der Waals surface area (Å²) < 4.78 is 0. The molecule has 0 fully saturated rings. The lowest BCUT2D eigenvalue weighted by atomic mass is 9.99. The Bertz CT molecular complexity index is 323. The number of ketones is 1. The molecule has 0 aliphatic heterocycles. The van der Waals surface area contributed by atoms with Crippen molar-refractivity contribution in [2.45, 2.75) is 39.7 Å². The number of carbonyl (C=O) groups is 1. The number of benzene rings is 1. The maximum absolute atomic E-state index is 12.2. The smallest absolute Gasteiger partial charge is 0.179 e. The third-order valence-corrected chi connectivity index (χ3v) is 2.68. The second-order valence-corrected chi connectivity index (χ2v) is 4.13. The van der Waals surface area contributed by atoms with Crippen molar-refractivity contribution in [1.29, 1.82) is 0 Å². The molecule has 0 bridgehead atoms. The number of nitrogens with one attached hydrogen (secondary N) is 1. The van der Waals surface area contributed by atoms with Gasteiger partial charge in [0.2, 0.25) is 0 Å². The zero-order chi connectivity index (χ0) is 12.0. The van der Waals surface area contributed by atoms with Crippen molar-refractivity contribution < 1.29 is 4.79 Å². The van der Waals surface area contributed by atoms with Crippen molar-refractivity contribution in [3.05, 3.63) is 35.4 Å². The van der Waals surface area contributed by atoms with Gasteiger partial charge in [-0.3, -0.25) is 4.79 Å². The lowest BCUT2D eigenvalue weighted by Gasteiger charge is -2.15. The average Bonchev–Trinajstić information content (AvgIpc) is 2.29. The van der Waals surface area contributed by atoms with E-state index >= 15 is 0 Å². The summed E-state index contributed by atoms with van der Waals surface area (Å²) in [4.78, 5) is 12.2. The molecule has 0 aliphatic rings. The van der Waals surface area contributed by atoms with E-state index in [0.29, 0.717) is 0 Å². The first-order valence-electron chi connectivity index (χ1n) is 6.03. The zero-order valence-corrected chi connectivity index (χ0v) is 10.4. The van der Waals surface area contributed by atoms with E-state index in [1.807, 2.05) is 38.1 Å². The number of hydrogen-bond donors (Lipinski definition) is 1. The van der Waals surface area contributed by atoms with Gasteiger partial charge in [0.15, 0.2) is 5.78 Å². The summed E-state index contributed by atoms with van der Waals surface area (Å²) in [5.74, 6) is 0.212. The second-order valence-electron chi connectivity index (χ2n) is 4.13. The monoisotopic (exact) mass is 219 g/mol. The summed E-state index contributed by atoms with van der Waals surface area (Å²) in [7, 11) is 0. The third kappa shape index (κ3) is 3.46. The quantitative estimate of drug-likeness (QED) is 0.745. The van der Waals surface area contributed by atoms with Gasteiger partial charge in [0.1, 0.15) is 0 Å². The van der Waals surface area contributed by atoms with Crippen LogP contribution in [0.5, 0.6) is 0 Å². The van der Waals surface area contributed by atoms with E-state index in [0.717, 1.165) is 24.9 Å². The molecule has 0 saturated heterocycles. The van der Waals surface area contributed by atoms with Gasteiger partial charge in [-0.2, -0.15) is 0 Å². The fourth-order valence-electron chi connectivity index (χ4n) is 1.78. The first-order valence-corrected chi connectivity index (χ1v) is 6.03. The van der Waals surface area contributed by atoms with E-state index in [1.54, 1.807) is 0 Å². The molecular weight excluding hydrogens is 198 g/mol. The fraction of sp³-hybridized carbons (Fsp3) is 0.500. The highest BCUT2D eigenvalue weighted by molar-refractivity contribution is 6.00. The van der Waals surface area contributed by atoms with Gasteiger partial charge in [0, 0.05) is 5.56 Å². The molecule has 2 nitrogen and oxygen atoms in total. The molecule has 1 N–H and O–H groups in total. The zero-order valence-electron chi connectivity index (χ0n) is 10.4. The molecule has 0 spiro atoms. The molecule has 16 heavy (non-hydrogen) atoms. The van der Waals surface area contributed by atoms with Crippen molar-refractivity contribution in [3.8, 4) is 0 Å². The van der Waals surface area contributed by atoms with Crippen LogP contribution in [-0.4, -0.2) is 18.4 Å². The Labute approximate surface area is 98.1 Å². The number of aryl methyl sites for hydroxylation is 1. The SMILES string of the molecule is CCCC(NCC)C(=O)c1ccc(C)cc1. The lowest BCUT2D eigenvalue weighted by Crippen LogP contribution is -2.36. The lowest BCUT2D eigenvalue weighted by molar-refractivity contribution is 0.0938. The highest BCUT2D eigenvalue weighted by Gasteiger charge is 2.17. The molecule has 0 heterocycles. The molecule has 0 radical (unpaired) electrons. The minimum Gasteiger partial charge on any atom is -0.307 e.